The molecule has 0 aliphatic heterocycles. The highest BCUT2D eigenvalue weighted by atomic mass is 16.5. The average molecular weight is 321 g/mol. The summed E-state index contributed by atoms with van der Waals surface area (Å²) in [7, 11) is 1.84. The van der Waals surface area contributed by atoms with Crippen molar-refractivity contribution in [2.24, 2.45) is 5.92 Å². The molecule has 128 valence electrons. The van der Waals surface area contributed by atoms with Gasteiger partial charge in [0.05, 0.1) is 13.2 Å². The van der Waals surface area contributed by atoms with Crippen molar-refractivity contribution in [3.05, 3.63) is 30.3 Å². The number of para-hydroxylation sites is 1. The SMILES string of the molecule is CC(C)CNC(=O)NC(=O)CN(C)CCCOc1ccccc1. The van der Waals surface area contributed by atoms with E-state index >= 15 is 0 Å². The molecule has 0 unspecified atom stereocenters. The van der Waals surface area contributed by atoms with E-state index in [1.165, 1.54) is 0 Å². The minimum absolute atomic E-state index is 0.181. The van der Waals surface area contributed by atoms with Gasteiger partial charge in [0.25, 0.3) is 0 Å². The van der Waals surface area contributed by atoms with Gasteiger partial charge in [-0.2, -0.15) is 0 Å². The summed E-state index contributed by atoms with van der Waals surface area (Å²) in [5, 5.41) is 4.97. The molecule has 0 aliphatic carbocycles. The Morgan fingerprint density at radius 1 is 1.22 bits per heavy atom. The van der Waals surface area contributed by atoms with Gasteiger partial charge in [0, 0.05) is 13.1 Å². The second-order valence-electron chi connectivity index (χ2n) is 5.90. The highest BCUT2D eigenvalue weighted by Gasteiger charge is 2.10. The van der Waals surface area contributed by atoms with Crippen LogP contribution in [0.2, 0.25) is 0 Å². The molecule has 0 aromatic heterocycles. The minimum Gasteiger partial charge on any atom is -0.494 e. The number of hydrogen-bond donors (Lipinski definition) is 2. The van der Waals surface area contributed by atoms with E-state index in [9.17, 15) is 9.59 Å². The summed E-state index contributed by atoms with van der Waals surface area (Å²) >= 11 is 0. The first-order valence-electron chi connectivity index (χ1n) is 7.91. The van der Waals surface area contributed by atoms with Gasteiger partial charge in [-0.25, -0.2) is 4.79 Å². The lowest BCUT2D eigenvalue weighted by atomic mass is 10.2. The molecule has 3 amide bonds. The number of carbonyl (C=O) groups is 2. The second-order valence-corrected chi connectivity index (χ2v) is 5.90. The van der Waals surface area contributed by atoms with Crippen LogP contribution in [-0.2, 0) is 4.79 Å². The molecule has 6 heteroatoms. The fourth-order valence-corrected chi connectivity index (χ4v) is 1.87. The van der Waals surface area contributed by atoms with Gasteiger partial charge in [0.15, 0.2) is 0 Å². The van der Waals surface area contributed by atoms with E-state index < -0.39 is 6.03 Å². The minimum atomic E-state index is -0.440. The maximum Gasteiger partial charge on any atom is 0.321 e. The zero-order valence-corrected chi connectivity index (χ0v) is 14.2. The van der Waals surface area contributed by atoms with E-state index in [1.54, 1.807) is 0 Å². The van der Waals surface area contributed by atoms with Gasteiger partial charge in [-0.05, 0) is 31.5 Å². The summed E-state index contributed by atoms with van der Waals surface area (Å²) in [5.41, 5.74) is 0. The molecule has 1 rings (SSSR count). The lowest BCUT2D eigenvalue weighted by Gasteiger charge is -2.16. The highest BCUT2D eigenvalue weighted by molar-refractivity contribution is 5.95. The fraction of sp³-hybridized carbons (Fsp3) is 0.529. The van der Waals surface area contributed by atoms with Gasteiger partial charge in [0.1, 0.15) is 5.75 Å². The first-order chi connectivity index (χ1) is 11.0. The zero-order chi connectivity index (χ0) is 17.1. The van der Waals surface area contributed by atoms with Gasteiger partial charge in [-0.15, -0.1) is 0 Å². The Kier molecular flexibility index (Phi) is 8.75. The van der Waals surface area contributed by atoms with E-state index in [1.807, 2.05) is 56.1 Å². The van der Waals surface area contributed by atoms with E-state index in [4.69, 9.17) is 4.74 Å². The molecule has 0 fully saturated rings. The van der Waals surface area contributed by atoms with Crippen molar-refractivity contribution >= 4 is 11.9 Å². The lowest BCUT2D eigenvalue weighted by molar-refractivity contribution is -0.120. The molecule has 0 saturated carbocycles. The van der Waals surface area contributed by atoms with E-state index in [0.29, 0.717) is 25.6 Å². The van der Waals surface area contributed by atoms with Crippen LogP contribution in [0.1, 0.15) is 20.3 Å². The number of benzene rings is 1. The molecular weight excluding hydrogens is 294 g/mol. The third-order valence-corrected chi connectivity index (χ3v) is 3.03. The highest BCUT2D eigenvalue weighted by Crippen LogP contribution is 2.08. The largest absolute Gasteiger partial charge is 0.494 e. The number of nitrogens with one attached hydrogen (secondary N) is 2. The Bertz CT molecular complexity index is 477. The number of rotatable bonds is 9. The summed E-state index contributed by atoms with van der Waals surface area (Å²) < 4.78 is 5.59. The second kappa shape index (κ2) is 10.6. The standard InChI is InChI=1S/C17H27N3O3/c1-14(2)12-18-17(22)19-16(21)13-20(3)10-7-11-23-15-8-5-4-6-9-15/h4-6,8-9,14H,7,10-13H2,1-3H3,(H2,18,19,21,22). The molecular formula is C17H27N3O3. The number of nitrogens with zero attached hydrogens (tertiary/aromatic N) is 1. The first kappa shape index (κ1) is 19.0. The molecule has 0 heterocycles. The third kappa shape index (κ3) is 9.52. The molecule has 0 bridgehead atoms. The van der Waals surface area contributed by atoms with Crippen LogP contribution in [0.15, 0.2) is 30.3 Å². The van der Waals surface area contributed by atoms with Crippen molar-refractivity contribution in [1.82, 2.24) is 15.5 Å². The predicted octanol–water partition coefficient (Wildman–Crippen LogP) is 1.87. The van der Waals surface area contributed by atoms with Crippen molar-refractivity contribution in [1.29, 1.82) is 0 Å². The number of hydrogen-bond acceptors (Lipinski definition) is 4. The Labute approximate surface area is 138 Å². The molecule has 0 radical (unpaired) electrons. The molecule has 23 heavy (non-hydrogen) atoms. The van der Waals surface area contributed by atoms with Crippen molar-refractivity contribution in [2.75, 3.05) is 33.3 Å². The predicted molar refractivity (Wildman–Crippen MR) is 90.4 cm³/mol. The third-order valence-electron chi connectivity index (χ3n) is 3.03. The van der Waals surface area contributed by atoms with Crippen LogP contribution >= 0.6 is 0 Å². The number of imide groups is 1. The van der Waals surface area contributed by atoms with E-state index in [0.717, 1.165) is 12.2 Å². The monoisotopic (exact) mass is 321 g/mol. The van der Waals surface area contributed by atoms with Crippen LogP contribution in [0, 0.1) is 5.92 Å². The Hall–Kier alpha value is -2.08. The van der Waals surface area contributed by atoms with Gasteiger partial charge in [-0.3, -0.25) is 15.0 Å². The number of ether oxygens (including phenoxy) is 1. The Balaban J connectivity index is 2.11. The van der Waals surface area contributed by atoms with Gasteiger partial charge in [-0.1, -0.05) is 32.0 Å². The molecule has 2 N–H and O–H groups in total. The summed E-state index contributed by atoms with van der Waals surface area (Å²) in [4.78, 5) is 25.1. The van der Waals surface area contributed by atoms with Gasteiger partial charge in [0.2, 0.25) is 5.91 Å². The van der Waals surface area contributed by atoms with E-state index in [-0.39, 0.29) is 12.5 Å². The van der Waals surface area contributed by atoms with Crippen LogP contribution < -0.4 is 15.4 Å². The van der Waals surface area contributed by atoms with Crippen LogP contribution in [0.25, 0.3) is 0 Å². The molecule has 0 atom stereocenters. The van der Waals surface area contributed by atoms with Crippen molar-refractivity contribution in [2.45, 2.75) is 20.3 Å². The smallest absolute Gasteiger partial charge is 0.321 e. The molecule has 0 spiro atoms. The zero-order valence-electron chi connectivity index (χ0n) is 14.2. The summed E-state index contributed by atoms with van der Waals surface area (Å²) in [6, 6.07) is 9.17. The summed E-state index contributed by atoms with van der Waals surface area (Å²) in [6.45, 7) is 6.02. The average Bonchev–Trinajstić information content (AvgIpc) is 2.50. The Morgan fingerprint density at radius 2 is 1.91 bits per heavy atom. The number of carbonyl (C=O) groups excluding carboxylic acids is 2. The normalized spacial score (nSPS) is 10.7. The quantitative estimate of drug-likeness (QED) is 0.681. The molecule has 1 aromatic carbocycles. The topological polar surface area (TPSA) is 70.7 Å². The number of likely N-dealkylation sites (N-methyl/N-ethyl adjacent to an activating group) is 1. The molecule has 1 aromatic rings. The maximum atomic E-state index is 11.7. The van der Waals surface area contributed by atoms with Gasteiger partial charge >= 0.3 is 6.03 Å². The van der Waals surface area contributed by atoms with Crippen LogP contribution in [0.5, 0.6) is 5.75 Å². The fourth-order valence-electron chi connectivity index (χ4n) is 1.87. The maximum absolute atomic E-state index is 11.7. The number of urea groups is 1. The molecule has 0 saturated heterocycles. The van der Waals surface area contributed by atoms with E-state index in [2.05, 4.69) is 10.6 Å². The van der Waals surface area contributed by atoms with Crippen LogP contribution in [0.3, 0.4) is 0 Å². The summed E-state index contributed by atoms with van der Waals surface area (Å²) in [6.07, 6.45) is 0.804. The first-order valence-corrected chi connectivity index (χ1v) is 7.91. The van der Waals surface area contributed by atoms with Crippen LogP contribution in [0.4, 0.5) is 4.79 Å². The Morgan fingerprint density at radius 3 is 2.57 bits per heavy atom. The van der Waals surface area contributed by atoms with Crippen molar-refractivity contribution in [3.63, 3.8) is 0 Å². The van der Waals surface area contributed by atoms with Crippen LogP contribution in [-0.4, -0.2) is 50.1 Å². The molecule has 6 nitrogen and oxygen atoms in total. The number of amides is 3. The van der Waals surface area contributed by atoms with Crippen molar-refractivity contribution in [3.8, 4) is 5.75 Å². The summed E-state index contributed by atoms with van der Waals surface area (Å²) in [5.74, 6) is 0.885. The van der Waals surface area contributed by atoms with Crippen molar-refractivity contribution < 1.29 is 14.3 Å². The molecule has 0 aliphatic rings. The van der Waals surface area contributed by atoms with Gasteiger partial charge < -0.3 is 10.1 Å². The lowest BCUT2D eigenvalue weighted by Crippen LogP contribution is -2.44.